The standard InChI is InChI=1S/C8H18OP.CO2.W/c1-7(2)8(3)6-10(4,5)9;2-1-3;/h7-8H,4,6H2,1-3,5H3;;/q-1;;/t8-,10-;;/m1../s1. The Kier molecular flexibility index (Phi) is 13.9. The predicted octanol–water partition coefficient (Wildman–Crippen LogP) is 2.48. The van der Waals surface area contributed by atoms with E-state index >= 15 is 0 Å². The van der Waals surface area contributed by atoms with Gasteiger partial charge in [0.05, 0.1) is 0 Å². The van der Waals surface area contributed by atoms with E-state index in [2.05, 4.69) is 27.4 Å². The van der Waals surface area contributed by atoms with E-state index < -0.39 is 7.14 Å². The van der Waals surface area contributed by atoms with Gasteiger partial charge in [-0.2, -0.15) is 9.59 Å². The minimum Gasteiger partial charge on any atom is -0.358 e. The molecule has 0 aliphatic rings. The second-order valence-electron chi connectivity index (χ2n) is 3.78. The van der Waals surface area contributed by atoms with Crippen molar-refractivity contribution in [2.75, 3.05) is 12.8 Å². The summed E-state index contributed by atoms with van der Waals surface area (Å²) in [6.07, 6.45) is 1.03. The Morgan fingerprint density at radius 3 is 1.64 bits per heavy atom. The molecule has 0 radical (unpaired) electrons. The average molecular weight is 389 g/mol. The van der Waals surface area contributed by atoms with Crippen molar-refractivity contribution in [3.63, 3.8) is 0 Å². The van der Waals surface area contributed by atoms with Crippen LogP contribution in [0.2, 0.25) is 0 Å². The third kappa shape index (κ3) is 18.2. The van der Waals surface area contributed by atoms with Crippen molar-refractivity contribution in [1.29, 1.82) is 0 Å². The SMILES string of the molecule is O=C=O.[CH2-][P@](C)(=O)C[C@@H](C)C(C)C.[W]. The van der Waals surface area contributed by atoms with Crippen LogP contribution in [-0.2, 0) is 35.2 Å². The van der Waals surface area contributed by atoms with Crippen molar-refractivity contribution in [3.05, 3.63) is 6.66 Å². The van der Waals surface area contributed by atoms with Gasteiger partial charge in [0.15, 0.2) is 0 Å². The third-order valence-corrected chi connectivity index (χ3v) is 3.16. The molecule has 84 valence electrons. The molecule has 0 heterocycles. The van der Waals surface area contributed by atoms with Crippen LogP contribution in [0.15, 0.2) is 0 Å². The number of rotatable bonds is 3. The first kappa shape index (κ1) is 19.8. The fraction of sp³-hybridized carbons (Fsp3) is 0.778. The largest absolute Gasteiger partial charge is 0.373 e. The van der Waals surface area contributed by atoms with Crippen LogP contribution in [0, 0.1) is 18.5 Å². The quantitative estimate of drug-likeness (QED) is 0.551. The molecular weight excluding hydrogens is 371 g/mol. The molecule has 2 atom stereocenters. The molecule has 14 heavy (non-hydrogen) atoms. The van der Waals surface area contributed by atoms with Gasteiger partial charge >= 0.3 is 6.15 Å². The molecule has 0 amide bonds. The summed E-state index contributed by atoms with van der Waals surface area (Å²) in [5.74, 6) is 1.16. The number of hydrogen-bond acceptors (Lipinski definition) is 3. The van der Waals surface area contributed by atoms with Gasteiger partial charge in [0.25, 0.3) is 0 Å². The van der Waals surface area contributed by atoms with Crippen LogP contribution in [0.5, 0.6) is 0 Å². The minimum absolute atomic E-state index is 0. The van der Waals surface area contributed by atoms with E-state index in [4.69, 9.17) is 9.59 Å². The summed E-state index contributed by atoms with van der Waals surface area (Å²) >= 11 is 0. The molecule has 0 N–H and O–H groups in total. The average Bonchev–Trinajstić information content (AvgIpc) is 1.84. The number of hydrogen-bond donors (Lipinski definition) is 0. The van der Waals surface area contributed by atoms with Crippen molar-refractivity contribution in [2.24, 2.45) is 11.8 Å². The molecule has 0 fully saturated rings. The molecule has 0 spiro atoms. The molecule has 0 unspecified atom stereocenters. The molecule has 0 aliphatic heterocycles. The van der Waals surface area contributed by atoms with Crippen molar-refractivity contribution < 1.29 is 35.2 Å². The van der Waals surface area contributed by atoms with Crippen molar-refractivity contribution in [1.82, 2.24) is 0 Å². The second-order valence-corrected chi connectivity index (χ2v) is 6.74. The Bertz CT molecular complexity index is 204. The summed E-state index contributed by atoms with van der Waals surface area (Å²) in [4.78, 5) is 16.2. The van der Waals surface area contributed by atoms with Gasteiger partial charge in [0.2, 0.25) is 0 Å². The van der Waals surface area contributed by atoms with E-state index in [0.29, 0.717) is 11.8 Å². The summed E-state index contributed by atoms with van der Waals surface area (Å²) < 4.78 is 11.2. The Morgan fingerprint density at radius 2 is 1.57 bits per heavy atom. The minimum atomic E-state index is -2.03. The molecule has 5 heteroatoms. The molecule has 3 nitrogen and oxygen atoms in total. The van der Waals surface area contributed by atoms with Crippen LogP contribution >= 0.6 is 7.14 Å². The van der Waals surface area contributed by atoms with Crippen molar-refractivity contribution in [3.8, 4) is 0 Å². The zero-order chi connectivity index (χ0) is 11.1. The monoisotopic (exact) mass is 389 g/mol. The first-order chi connectivity index (χ1) is 5.74. The smallest absolute Gasteiger partial charge is 0.358 e. The van der Waals surface area contributed by atoms with E-state index in [1.807, 2.05) is 0 Å². The Labute approximate surface area is 101 Å². The number of carbonyl (C=O) groups excluding carboxylic acids is 2. The fourth-order valence-corrected chi connectivity index (χ4v) is 2.46. The Hall–Kier alpha value is 0.298. The van der Waals surface area contributed by atoms with Gasteiger partial charge in [0, 0.05) is 21.1 Å². The van der Waals surface area contributed by atoms with Gasteiger partial charge in [-0.3, -0.25) is 6.66 Å². The molecule has 0 aromatic rings. The zero-order valence-corrected chi connectivity index (χ0v) is 13.0. The zero-order valence-electron chi connectivity index (χ0n) is 9.15. The molecule has 0 aromatic heterocycles. The van der Waals surface area contributed by atoms with Crippen LogP contribution in [0.1, 0.15) is 20.8 Å². The van der Waals surface area contributed by atoms with Gasteiger partial charge in [-0.15, -0.1) is 0 Å². The first-order valence-corrected chi connectivity index (χ1v) is 6.67. The first-order valence-electron chi connectivity index (χ1n) is 4.14. The van der Waals surface area contributed by atoms with E-state index in [1.165, 1.54) is 0 Å². The van der Waals surface area contributed by atoms with Gasteiger partial charge in [-0.05, 0) is 31.8 Å². The maximum Gasteiger partial charge on any atom is 0.373 e. The summed E-state index contributed by atoms with van der Waals surface area (Å²) in [5.41, 5.74) is 0. The van der Waals surface area contributed by atoms with Crippen LogP contribution in [-0.4, -0.2) is 19.0 Å². The fourth-order valence-electron chi connectivity index (χ4n) is 0.820. The van der Waals surface area contributed by atoms with Gasteiger partial charge in [0.1, 0.15) is 0 Å². The van der Waals surface area contributed by atoms with Crippen LogP contribution < -0.4 is 0 Å². The van der Waals surface area contributed by atoms with Crippen LogP contribution in [0.4, 0.5) is 0 Å². The van der Waals surface area contributed by atoms with Crippen molar-refractivity contribution >= 4 is 13.3 Å². The van der Waals surface area contributed by atoms with Gasteiger partial charge < -0.3 is 4.57 Å². The molecule has 0 aromatic carbocycles. The maximum atomic E-state index is 11.2. The molecule has 0 aliphatic carbocycles. The third-order valence-electron chi connectivity index (χ3n) is 1.81. The Morgan fingerprint density at radius 1 is 1.29 bits per heavy atom. The summed E-state index contributed by atoms with van der Waals surface area (Å²) in [6, 6.07) is 0. The van der Waals surface area contributed by atoms with E-state index in [-0.39, 0.29) is 27.2 Å². The maximum absolute atomic E-state index is 11.2. The molecular formula is C9H18O3PW-. The molecule has 0 bridgehead atoms. The second kappa shape index (κ2) is 9.84. The molecule has 0 saturated heterocycles. The van der Waals surface area contributed by atoms with E-state index in [0.717, 1.165) is 6.16 Å². The van der Waals surface area contributed by atoms with Crippen molar-refractivity contribution in [2.45, 2.75) is 20.8 Å². The molecule has 0 rings (SSSR count). The van der Waals surface area contributed by atoms with Crippen LogP contribution in [0.3, 0.4) is 0 Å². The summed E-state index contributed by atoms with van der Waals surface area (Å²) in [7, 11) is -2.03. The van der Waals surface area contributed by atoms with Gasteiger partial charge in [-0.25, -0.2) is 0 Å². The molecule has 0 saturated carbocycles. The van der Waals surface area contributed by atoms with Gasteiger partial charge in [-0.1, -0.05) is 20.8 Å². The topological polar surface area (TPSA) is 51.2 Å². The Balaban J connectivity index is -0.000000267. The summed E-state index contributed by atoms with van der Waals surface area (Å²) in [5, 5.41) is 0. The summed E-state index contributed by atoms with van der Waals surface area (Å²) in [6.45, 7) is 11.8. The van der Waals surface area contributed by atoms with E-state index in [9.17, 15) is 4.57 Å². The predicted molar refractivity (Wildman–Crippen MR) is 52.8 cm³/mol. The van der Waals surface area contributed by atoms with E-state index in [1.54, 1.807) is 6.66 Å². The normalized spacial score (nSPS) is 15.3. The van der Waals surface area contributed by atoms with Crippen LogP contribution in [0.25, 0.3) is 0 Å².